The Morgan fingerprint density at radius 1 is 1.44 bits per heavy atom. The fourth-order valence-corrected chi connectivity index (χ4v) is 2.03. The number of hydrogen-bond acceptors (Lipinski definition) is 5. The van der Waals surface area contributed by atoms with Gasteiger partial charge in [0.15, 0.2) is 23.1 Å². The van der Waals surface area contributed by atoms with Crippen molar-refractivity contribution in [2.45, 2.75) is 6.10 Å². The normalized spacial score (nSPS) is 19.6. The zero-order chi connectivity index (χ0) is 13.1. The van der Waals surface area contributed by atoms with Gasteiger partial charge in [-0.15, -0.1) is 0 Å². The van der Waals surface area contributed by atoms with Gasteiger partial charge in [-0.3, -0.25) is 0 Å². The number of phenols is 1. The predicted molar refractivity (Wildman–Crippen MR) is 62.7 cm³/mol. The number of nitrogens with one attached hydrogen (secondary N) is 1. The molecule has 0 aromatic heterocycles. The lowest BCUT2D eigenvalue weighted by atomic mass is 10.0. The van der Waals surface area contributed by atoms with Crippen molar-refractivity contribution in [3.8, 4) is 17.2 Å². The van der Waals surface area contributed by atoms with Crippen molar-refractivity contribution < 1.29 is 23.7 Å². The van der Waals surface area contributed by atoms with Crippen LogP contribution in [0.3, 0.4) is 0 Å². The Labute approximate surface area is 104 Å². The molecule has 0 radical (unpaired) electrons. The predicted octanol–water partition coefficient (Wildman–Crippen LogP) is 1.21. The molecule has 6 heteroatoms. The molecule has 1 fully saturated rings. The standard InChI is InChI=1S/C12H16FNO4/c1-16-8-5-7(13)11(15)10(12(8)17-2)9-6-14-3-4-18-9/h5,9,14-15H,3-4,6H2,1-2H3. The Kier molecular flexibility index (Phi) is 3.88. The number of morpholine rings is 1. The zero-order valence-electron chi connectivity index (χ0n) is 10.3. The fraction of sp³-hybridized carbons (Fsp3) is 0.500. The topological polar surface area (TPSA) is 60.0 Å². The average Bonchev–Trinajstić information content (AvgIpc) is 2.42. The van der Waals surface area contributed by atoms with Gasteiger partial charge in [0.25, 0.3) is 0 Å². The largest absolute Gasteiger partial charge is 0.504 e. The number of phenolic OH excluding ortho intramolecular Hbond substituents is 1. The summed E-state index contributed by atoms with van der Waals surface area (Å²) in [6.45, 7) is 1.70. The summed E-state index contributed by atoms with van der Waals surface area (Å²) in [7, 11) is 2.85. The molecule has 2 N–H and O–H groups in total. The van der Waals surface area contributed by atoms with Crippen molar-refractivity contribution in [1.82, 2.24) is 5.32 Å². The molecule has 1 aliphatic heterocycles. The molecule has 18 heavy (non-hydrogen) atoms. The van der Waals surface area contributed by atoms with Gasteiger partial charge in [0.1, 0.15) is 6.10 Å². The lowest BCUT2D eigenvalue weighted by Crippen LogP contribution is -2.33. The van der Waals surface area contributed by atoms with Crippen LogP contribution in [0.5, 0.6) is 17.2 Å². The van der Waals surface area contributed by atoms with Crippen molar-refractivity contribution in [3.05, 3.63) is 17.4 Å². The number of halogens is 1. The average molecular weight is 257 g/mol. The number of benzene rings is 1. The molecule has 0 aliphatic carbocycles. The molecule has 1 heterocycles. The maximum absolute atomic E-state index is 13.6. The van der Waals surface area contributed by atoms with E-state index in [-0.39, 0.29) is 11.3 Å². The highest BCUT2D eigenvalue weighted by Crippen LogP contribution is 2.43. The van der Waals surface area contributed by atoms with Crippen molar-refractivity contribution in [2.24, 2.45) is 0 Å². The first-order valence-corrected chi connectivity index (χ1v) is 5.64. The van der Waals surface area contributed by atoms with Crippen LogP contribution in [0.2, 0.25) is 0 Å². The molecule has 1 aliphatic rings. The van der Waals surface area contributed by atoms with E-state index in [0.29, 0.717) is 18.9 Å². The van der Waals surface area contributed by atoms with Crippen molar-refractivity contribution in [1.29, 1.82) is 0 Å². The van der Waals surface area contributed by atoms with Crippen LogP contribution in [-0.2, 0) is 4.74 Å². The molecule has 1 aromatic rings. The molecule has 0 amide bonds. The van der Waals surface area contributed by atoms with Crippen LogP contribution in [0.4, 0.5) is 4.39 Å². The Hall–Kier alpha value is -1.53. The van der Waals surface area contributed by atoms with E-state index in [9.17, 15) is 9.50 Å². The summed E-state index contributed by atoms with van der Waals surface area (Å²) in [5.41, 5.74) is 0.279. The molecule has 5 nitrogen and oxygen atoms in total. The van der Waals surface area contributed by atoms with E-state index in [2.05, 4.69) is 5.32 Å². The summed E-state index contributed by atoms with van der Waals surface area (Å²) >= 11 is 0. The zero-order valence-corrected chi connectivity index (χ0v) is 10.3. The molecule has 1 atom stereocenters. The van der Waals surface area contributed by atoms with Gasteiger partial charge in [-0.1, -0.05) is 0 Å². The van der Waals surface area contributed by atoms with Gasteiger partial charge in [0.2, 0.25) is 0 Å². The summed E-state index contributed by atoms with van der Waals surface area (Å²) in [5.74, 6) is -0.680. The summed E-state index contributed by atoms with van der Waals surface area (Å²) in [6.07, 6.45) is -0.460. The monoisotopic (exact) mass is 257 g/mol. The van der Waals surface area contributed by atoms with Crippen LogP contribution in [-0.4, -0.2) is 39.0 Å². The highest BCUT2D eigenvalue weighted by atomic mass is 19.1. The van der Waals surface area contributed by atoms with Crippen LogP contribution in [0, 0.1) is 5.82 Å². The number of aromatic hydroxyl groups is 1. The molecule has 0 bridgehead atoms. The van der Waals surface area contributed by atoms with E-state index in [4.69, 9.17) is 14.2 Å². The van der Waals surface area contributed by atoms with Gasteiger partial charge in [0.05, 0.1) is 26.4 Å². The highest BCUT2D eigenvalue weighted by Gasteiger charge is 2.28. The van der Waals surface area contributed by atoms with Crippen LogP contribution >= 0.6 is 0 Å². The summed E-state index contributed by atoms with van der Waals surface area (Å²) in [4.78, 5) is 0. The van der Waals surface area contributed by atoms with Gasteiger partial charge in [-0.05, 0) is 0 Å². The highest BCUT2D eigenvalue weighted by molar-refractivity contribution is 5.55. The van der Waals surface area contributed by atoms with Crippen molar-refractivity contribution in [3.63, 3.8) is 0 Å². The molecular weight excluding hydrogens is 241 g/mol. The minimum absolute atomic E-state index is 0.233. The molecule has 1 aromatic carbocycles. The fourth-order valence-electron chi connectivity index (χ4n) is 2.03. The number of rotatable bonds is 3. The Morgan fingerprint density at radius 2 is 2.22 bits per heavy atom. The molecular formula is C12H16FNO4. The first-order valence-electron chi connectivity index (χ1n) is 5.64. The third kappa shape index (κ3) is 2.21. The first kappa shape index (κ1) is 12.9. The van der Waals surface area contributed by atoms with E-state index in [0.717, 1.165) is 12.6 Å². The quantitative estimate of drug-likeness (QED) is 0.852. The SMILES string of the molecule is COc1cc(F)c(O)c(C2CNCCO2)c1OC. The molecule has 1 unspecified atom stereocenters. The van der Waals surface area contributed by atoms with Crippen molar-refractivity contribution >= 4 is 0 Å². The second-order valence-electron chi connectivity index (χ2n) is 3.92. The summed E-state index contributed by atoms with van der Waals surface area (Å²) in [5, 5.41) is 13.0. The third-order valence-corrected chi connectivity index (χ3v) is 2.88. The molecule has 0 spiro atoms. The Balaban J connectivity index is 2.51. The van der Waals surface area contributed by atoms with Gasteiger partial charge in [-0.25, -0.2) is 4.39 Å². The van der Waals surface area contributed by atoms with E-state index in [1.54, 1.807) is 0 Å². The minimum atomic E-state index is -0.753. The van der Waals surface area contributed by atoms with Gasteiger partial charge < -0.3 is 24.6 Å². The molecule has 2 rings (SSSR count). The lowest BCUT2D eigenvalue weighted by Gasteiger charge is -2.26. The van der Waals surface area contributed by atoms with E-state index >= 15 is 0 Å². The second kappa shape index (κ2) is 5.41. The Morgan fingerprint density at radius 3 is 2.78 bits per heavy atom. The van der Waals surface area contributed by atoms with Gasteiger partial charge in [0, 0.05) is 19.2 Å². The Bertz CT molecular complexity index is 433. The van der Waals surface area contributed by atoms with Crippen LogP contribution in [0.25, 0.3) is 0 Å². The second-order valence-corrected chi connectivity index (χ2v) is 3.92. The van der Waals surface area contributed by atoms with Gasteiger partial charge in [-0.2, -0.15) is 0 Å². The molecule has 100 valence electrons. The van der Waals surface area contributed by atoms with Crippen molar-refractivity contribution in [2.75, 3.05) is 33.9 Å². The van der Waals surface area contributed by atoms with Crippen LogP contribution in [0.15, 0.2) is 6.07 Å². The molecule has 0 saturated carbocycles. The summed E-state index contributed by atoms with van der Waals surface area (Å²) < 4.78 is 29.4. The first-order chi connectivity index (χ1) is 8.69. The molecule has 1 saturated heterocycles. The van der Waals surface area contributed by atoms with E-state index < -0.39 is 17.7 Å². The number of hydrogen-bond donors (Lipinski definition) is 2. The van der Waals surface area contributed by atoms with Gasteiger partial charge >= 0.3 is 0 Å². The third-order valence-electron chi connectivity index (χ3n) is 2.88. The van der Waals surface area contributed by atoms with E-state index in [1.807, 2.05) is 0 Å². The smallest absolute Gasteiger partial charge is 0.170 e. The minimum Gasteiger partial charge on any atom is -0.504 e. The van der Waals surface area contributed by atoms with Crippen LogP contribution < -0.4 is 14.8 Å². The summed E-state index contributed by atoms with van der Waals surface area (Å²) in [6, 6.07) is 1.09. The number of methoxy groups -OCH3 is 2. The maximum Gasteiger partial charge on any atom is 0.170 e. The number of ether oxygens (including phenoxy) is 3. The van der Waals surface area contributed by atoms with Crippen LogP contribution in [0.1, 0.15) is 11.7 Å². The van der Waals surface area contributed by atoms with E-state index in [1.165, 1.54) is 14.2 Å². The maximum atomic E-state index is 13.6. The lowest BCUT2D eigenvalue weighted by molar-refractivity contribution is 0.0242.